The molecule has 0 amide bonds. The van der Waals surface area contributed by atoms with E-state index in [-0.39, 0.29) is 6.04 Å². The molecule has 1 aromatic rings. The highest BCUT2D eigenvalue weighted by atomic mass is 32.2. The van der Waals surface area contributed by atoms with Crippen LogP contribution in [-0.4, -0.2) is 28.7 Å². The molecule has 0 bridgehead atoms. The highest BCUT2D eigenvalue weighted by Crippen LogP contribution is 2.28. The molecule has 0 aromatic heterocycles. The molecule has 4 nitrogen and oxygen atoms in total. The second kappa shape index (κ2) is 4.07. The summed E-state index contributed by atoms with van der Waals surface area (Å²) in [6.07, 6.45) is 2.11. The van der Waals surface area contributed by atoms with E-state index in [2.05, 4.69) is 4.36 Å². The summed E-state index contributed by atoms with van der Waals surface area (Å²) < 4.78 is 18.9. The third kappa shape index (κ3) is 2.20. The van der Waals surface area contributed by atoms with E-state index < -0.39 is 9.92 Å². The van der Waals surface area contributed by atoms with E-state index in [1.54, 1.807) is 42.7 Å². The molecule has 0 radical (unpaired) electrons. The van der Waals surface area contributed by atoms with Gasteiger partial charge in [0.15, 0.2) is 0 Å². The van der Waals surface area contributed by atoms with Gasteiger partial charge in [-0.2, -0.15) is 0 Å². The fraction of sp³-hybridized carbons (Fsp3) is 0.455. The normalized spacial score (nSPS) is 19.4. The summed E-state index contributed by atoms with van der Waals surface area (Å²) in [6.45, 7) is 0. The molecule has 2 N–H and O–H groups in total. The first-order chi connectivity index (χ1) is 7.52. The van der Waals surface area contributed by atoms with Crippen LogP contribution < -0.4 is 5.73 Å². The predicted octanol–water partition coefficient (Wildman–Crippen LogP) is 1.73. The number of benzene rings is 1. The Morgan fingerprint density at radius 1 is 1.31 bits per heavy atom. The standard InChI is InChI=1S/C11H17N3OS/c1-14(2)16(15,13-10-5-6-10)11-7-3-9(12)4-8-11/h3-4,7-8,10H,5-6,12H2,1-2H3. The van der Waals surface area contributed by atoms with Gasteiger partial charge in [0.1, 0.15) is 9.92 Å². The van der Waals surface area contributed by atoms with E-state index in [0.29, 0.717) is 5.69 Å². The molecule has 0 saturated heterocycles. The Hall–Kier alpha value is -1.07. The third-order valence-electron chi connectivity index (χ3n) is 2.52. The van der Waals surface area contributed by atoms with Crippen LogP contribution in [0, 0.1) is 0 Å². The zero-order valence-corrected chi connectivity index (χ0v) is 10.4. The number of anilines is 1. The van der Waals surface area contributed by atoms with Gasteiger partial charge in [-0.3, -0.25) is 0 Å². The number of hydrogen-bond donors (Lipinski definition) is 1. The molecular formula is C11H17N3OS. The van der Waals surface area contributed by atoms with E-state index in [9.17, 15) is 4.21 Å². The second-order valence-electron chi connectivity index (χ2n) is 4.21. The molecule has 16 heavy (non-hydrogen) atoms. The molecule has 1 unspecified atom stereocenters. The molecule has 0 spiro atoms. The predicted molar refractivity (Wildman–Crippen MR) is 66.4 cm³/mol. The average Bonchev–Trinajstić information content (AvgIpc) is 3.02. The second-order valence-corrected chi connectivity index (χ2v) is 6.62. The number of nitrogens with zero attached hydrogens (tertiary/aromatic N) is 2. The van der Waals surface area contributed by atoms with Gasteiger partial charge in [-0.1, -0.05) is 0 Å². The molecule has 1 aromatic carbocycles. The third-order valence-corrected chi connectivity index (χ3v) is 4.98. The Bertz CT molecular complexity index is 482. The molecule has 1 fully saturated rings. The van der Waals surface area contributed by atoms with Gasteiger partial charge in [-0.25, -0.2) is 12.9 Å². The highest BCUT2D eigenvalue weighted by Gasteiger charge is 2.25. The molecule has 5 heteroatoms. The Labute approximate surface area is 96.8 Å². The fourth-order valence-corrected chi connectivity index (χ4v) is 3.23. The lowest BCUT2D eigenvalue weighted by Gasteiger charge is -2.17. The molecule has 1 saturated carbocycles. The molecule has 88 valence electrons. The Morgan fingerprint density at radius 2 is 1.88 bits per heavy atom. The minimum Gasteiger partial charge on any atom is -0.399 e. The first-order valence-electron chi connectivity index (χ1n) is 5.32. The van der Waals surface area contributed by atoms with Crippen molar-refractivity contribution in [2.24, 2.45) is 4.36 Å². The summed E-state index contributed by atoms with van der Waals surface area (Å²) in [4.78, 5) is 0.735. The van der Waals surface area contributed by atoms with Crippen LogP contribution in [0.3, 0.4) is 0 Å². The van der Waals surface area contributed by atoms with E-state index in [1.165, 1.54) is 0 Å². The monoisotopic (exact) mass is 239 g/mol. The lowest BCUT2D eigenvalue weighted by molar-refractivity contribution is 0.589. The Kier molecular flexibility index (Phi) is 2.90. The maximum Gasteiger partial charge on any atom is 0.139 e. The van der Waals surface area contributed by atoms with E-state index in [4.69, 9.17) is 5.73 Å². The van der Waals surface area contributed by atoms with Crippen molar-refractivity contribution in [3.8, 4) is 0 Å². The van der Waals surface area contributed by atoms with Gasteiger partial charge in [0, 0.05) is 19.8 Å². The highest BCUT2D eigenvalue weighted by molar-refractivity contribution is 7.91. The van der Waals surface area contributed by atoms with Gasteiger partial charge in [0.05, 0.1) is 10.9 Å². The van der Waals surface area contributed by atoms with Gasteiger partial charge < -0.3 is 5.73 Å². The van der Waals surface area contributed by atoms with Crippen LogP contribution in [0.5, 0.6) is 0 Å². The number of hydrogen-bond acceptors (Lipinski definition) is 3. The fourth-order valence-electron chi connectivity index (χ4n) is 1.39. The van der Waals surface area contributed by atoms with Gasteiger partial charge in [-0.05, 0) is 37.1 Å². The van der Waals surface area contributed by atoms with Crippen LogP contribution in [0.4, 0.5) is 5.69 Å². The van der Waals surface area contributed by atoms with Crippen molar-refractivity contribution in [1.82, 2.24) is 4.31 Å². The van der Waals surface area contributed by atoms with Crippen LogP contribution in [0.15, 0.2) is 33.5 Å². The smallest absolute Gasteiger partial charge is 0.139 e. The van der Waals surface area contributed by atoms with Crippen LogP contribution in [-0.2, 0) is 9.92 Å². The van der Waals surface area contributed by atoms with Crippen LogP contribution in [0.25, 0.3) is 0 Å². The van der Waals surface area contributed by atoms with Gasteiger partial charge in [-0.15, -0.1) is 0 Å². The summed E-state index contributed by atoms with van der Waals surface area (Å²) in [5, 5.41) is 0. The van der Waals surface area contributed by atoms with Crippen molar-refractivity contribution in [1.29, 1.82) is 0 Å². The largest absolute Gasteiger partial charge is 0.399 e. The quantitative estimate of drug-likeness (QED) is 0.817. The molecular weight excluding hydrogens is 222 g/mol. The van der Waals surface area contributed by atoms with Gasteiger partial charge in [0.2, 0.25) is 0 Å². The van der Waals surface area contributed by atoms with Crippen molar-refractivity contribution in [3.63, 3.8) is 0 Å². The van der Waals surface area contributed by atoms with Crippen LogP contribution >= 0.6 is 0 Å². The van der Waals surface area contributed by atoms with E-state index in [1.807, 2.05) is 0 Å². The van der Waals surface area contributed by atoms with Crippen molar-refractivity contribution in [3.05, 3.63) is 24.3 Å². The van der Waals surface area contributed by atoms with Crippen molar-refractivity contribution in [2.75, 3.05) is 19.8 Å². The number of nitrogens with two attached hydrogens (primary N) is 1. The summed E-state index contributed by atoms with van der Waals surface area (Å²) in [5.74, 6) is 0. The lowest BCUT2D eigenvalue weighted by Crippen LogP contribution is -2.22. The van der Waals surface area contributed by atoms with Crippen molar-refractivity contribution in [2.45, 2.75) is 23.8 Å². The summed E-state index contributed by atoms with van der Waals surface area (Å²) >= 11 is 0. The maximum absolute atomic E-state index is 12.8. The van der Waals surface area contributed by atoms with Gasteiger partial charge >= 0.3 is 0 Å². The first kappa shape index (κ1) is 11.4. The van der Waals surface area contributed by atoms with Crippen LogP contribution in [0.1, 0.15) is 12.8 Å². The van der Waals surface area contributed by atoms with Crippen molar-refractivity contribution >= 4 is 15.6 Å². The Balaban J connectivity index is 2.47. The van der Waals surface area contributed by atoms with Crippen molar-refractivity contribution < 1.29 is 4.21 Å². The molecule has 1 atom stereocenters. The maximum atomic E-state index is 12.8. The summed E-state index contributed by atoms with van der Waals surface area (Å²) in [6, 6.07) is 7.39. The first-order valence-corrected chi connectivity index (χ1v) is 6.79. The van der Waals surface area contributed by atoms with Crippen LogP contribution in [0.2, 0.25) is 0 Å². The van der Waals surface area contributed by atoms with E-state index >= 15 is 0 Å². The molecule has 0 heterocycles. The topological polar surface area (TPSA) is 58.7 Å². The lowest BCUT2D eigenvalue weighted by atomic mass is 10.3. The average molecular weight is 239 g/mol. The minimum absolute atomic E-state index is 0.271. The Morgan fingerprint density at radius 3 is 2.31 bits per heavy atom. The summed E-state index contributed by atoms with van der Waals surface area (Å²) in [5.41, 5.74) is 6.30. The number of rotatable bonds is 3. The molecule has 1 aliphatic carbocycles. The van der Waals surface area contributed by atoms with E-state index in [0.717, 1.165) is 17.7 Å². The number of nitrogen functional groups attached to an aromatic ring is 1. The minimum atomic E-state index is -2.44. The zero-order valence-electron chi connectivity index (χ0n) is 9.59. The molecule has 2 rings (SSSR count). The zero-order chi connectivity index (χ0) is 11.8. The summed E-state index contributed by atoms with van der Waals surface area (Å²) in [7, 11) is 1.16. The molecule has 1 aliphatic rings. The van der Waals surface area contributed by atoms with Gasteiger partial charge in [0.25, 0.3) is 0 Å². The SMILES string of the molecule is CN(C)S(=O)(=NC1CC1)c1ccc(N)cc1. The molecule has 0 aliphatic heterocycles.